The van der Waals surface area contributed by atoms with Crippen molar-refractivity contribution in [2.75, 3.05) is 32.2 Å². The molecule has 2 atom stereocenters. The maximum Gasteiger partial charge on any atom is 0.102 e. The van der Waals surface area contributed by atoms with Crippen molar-refractivity contribution >= 4 is 5.69 Å². The minimum atomic E-state index is 0.153. The van der Waals surface area contributed by atoms with Gasteiger partial charge in [0.05, 0.1) is 0 Å². The van der Waals surface area contributed by atoms with Crippen LogP contribution in [0.5, 0.6) is 0 Å². The molecule has 1 N–H and O–H groups in total. The first-order valence-corrected chi connectivity index (χ1v) is 7.84. The number of nitrogens with zero attached hydrogens (tertiary/aromatic N) is 1. The third-order valence-corrected chi connectivity index (χ3v) is 4.56. The second-order valence-corrected chi connectivity index (χ2v) is 6.24. The molecule has 1 aliphatic heterocycles. The minimum Gasteiger partial charge on any atom is -0.377 e. The molecule has 0 amide bonds. The van der Waals surface area contributed by atoms with E-state index in [1.165, 1.54) is 29.7 Å². The van der Waals surface area contributed by atoms with E-state index in [1.807, 2.05) is 0 Å². The van der Waals surface area contributed by atoms with Gasteiger partial charge in [-0.3, -0.25) is 0 Å². The number of nitrogens with one attached hydrogen (secondary N) is 1. The Morgan fingerprint density at radius 2 is 1.81 bits per heavy atom. The van der Waals surface area contributed by atoms with Crippen LogP contribution in [0.25, 0.3) is 0 Å². The number of benzene rings is 1. The van der Waals surface area contributed by atoms with Crippen LogP contribution >= 0.6 is 0 Å². The molecule has 0 bridgehead atoms. The Labute approximate surface area is 127 Å². The van der Waals surface area contributed by atoms with Crippen LogP contribution in [0.4, 0.5) is 5.69 Å². The molecule has 1 saturated carbocycles. The Kier molecular flexibility index (Phi) is 4.48. The van der Waals surface area contributed by atoms with Gasteiger partial charge in [0.2, 0.25) is 0 Å². The molecule has 2 aliphatic rings. The molecule has 4 heteroatoms. The first kappa shape index (κ1) is 14.8. The lowest BCUT2D eigenvalue weighted by molar-refractivity contribution is -0.00461. The molecule has 2 fully saturated rings. The highest BCUT2D eigenvalue weighted by Crippen LogP contribution is 2.29. The highest BCUT2D eigenvalue weighted by Gasteiger charge is 2.34. The van der Waals surface area contributed by atoms with Gasteiger partial charge >= 0.3 is 0 Å². The van der Waals surface area contributed by atoms with Crippen LogP contribution in [0.15, 0.2) is 18.2 Å². The molecule has 3 rings (SSSR count). The predicted molar refractivity (Wildman–Crippen MR) is 84.8 cm³/mol. The maximum atomic E-state index is 5.56. The largest absolute Gasteiger partial charge is 0.377 e. The topological polar surface area (TPSA) is 33.7 Å². The summed E-state index contributed by atoms with van der Waals surface area (Å²) in [6.45, 7) is 4.90. The lowest BCUT2D eigenvalue weighted by Crippen LogP contribution is -2.27. The molecule has 1 aliphatic carbocycles. The summed E-state index contributed by atoms with van der Waals surface area (Å²) in [5, 5.41) is 3.63. The van der Waals surface area contributed by atoms with Crippen molar-refractivity contribution in [1.82, 2.24) is 5.32 Å². The maximum absolute atomic E-state index is 5.56. The van der Waals surface area contributed by atoms with Crippen molar-refractivity contribution in [1.29, 1.82) is 0 Å². The van der Waals surface area contributed by atoms with E-state index in [1.54, 1.807) is 14.2 Å². The van der Waals surface area contributed by atoms with E-state index < -0.39 is 0 Å². The number of methoxy groups -OCH3 is 2. The number of anilines is 1. The molecule has 0 aromatic heterocycles. The molecule has 0 radical (unpaired) electrons. The highest BCUT2D eigenvalue weighted by atomic mass is 16.5. The quantitative estimate of drug-likeness (QED) is 0.870. The summed E-state index contributed by atoms with van der Waals surface area (Å²) in [6, 6.07) is 7.46. The van der Waals surface area contributed by atoms with E-state index in [4.69, 9.17) is 9.47 Å². The number of hydrogen-bond acceptors (Lipinski definition) is 4. The smallest absolute Gasteiger partial charge is 0.102 e. The Morgan fingerprint density at radius 3 is 2.38 bits per heavy atom. The Hall–Kier alpha value is -1.10. The van der Waals surface area contributed by atoms with Gasteiger partial charge in [0.15, 0.2) is 0 Å². The van der Waals surface area contributed by atoms with Gasteiger partial charge < -0.3 is 19.7 Å². The van der Waals surface area contributed by atoms with Gasteiger partial charge in [-0.25, -0.2) is 0 Å². The SMILES string of the molecule is COC1CN(c2ccc(C)cc2CNC2CC2)CC1OC. The van der Waals surface area contributed by atoms with Gasteiger partial charge in [-0.1, -0.05) is 17.7 Å². The predicted octanol–water partition coefficient (Wildman–Crippen LogP) is 2.10. The van der Waals surface area contributed by atoms with Crippen molar-refractivity contribution in [3.8, 4) is 0 Å². The molecule has 2 unspecified atom stereocenters. The van der Waals surface area contributed by atoms with Crippen molar-refractivity contribution in [2.45, 2.75) is 44.6 Å². The van der Waals surface area contributed by atoms with Crippen LogP contribution in [-0.2, 0) is 16.0 Å². The first-order chi connectivity index (χ1) is 10.2. The fraction of sp³-hybridized carbons (Fsp3) is 0.647. The van der Waals surface area contributed by atoms with Crippen LogP contribution in [0, 0.1) is 6.92 Å². The lowest BCUT2D eigenvalue weighted by Gasteiger charge is -2.22. The fourth-order valence-electron chi connectivity index (χ4n) is 3.10. The van der Waals surface area contributed by atoms with Crippen LogP contribution in [0.3, 0.4) is 0 Å². The molecular formula is C17H26N2O2. The summed E-state index contributed by atoms with van der Waals surface area (Å²) in [7, 11) is 3.54. The molecule has 1 aromatic rings. The zero-order chi connectivity index (χ0) is 14.8. The normalized spacial score (nSPS) is 25.6. The van der Waals surface area contributed by atoms with E-state index in [-0.39, 0.29) is 12.2 Å². The van der Waals surface area contributed by atoms with Crippen LogP contribution in [0.2, 0.25) is 0 Å². The van der Waals surface area contributed by atoms with Crippen LogP contribution in [0.1, 0.15) is 24.0 Å². The van der Waals surface area contributed by atoms with Crippen LogP contribution in [-0.4, -0.2) is 45.6 Å². The molecule has 116 valence electrons. The summed E-state index contributed by atoms with van der Waals surface area (Å²) in [5.74, 6) is 0. The molecule has 0 spiro atoms. The third kappa shape index (κ3) is 3.39. The second-order valence-electron chi connectivity index (χ2n) is 6.24. The first-order valence-electron chi connectivity index (χ1n) is 7.84. The molecule has 1 saturated heterocycles. The van der Waals surface area contributed by atoms with E-state index in [0.717, 1.165) is 25.7 Å². The number of ether oxygens (including phenoxy) is 2. The number of rotatable bonds is 6. The summed E-state index contributed by atoms with van der Waals surface area (Å²) >= 11 is 0. The summed E-state index contributed by atoms with van der Waals surface area (Å²) in [6.07, 6.45) is 2.95. The monoisotopic (exact) mass is 290 g/mol. The summed E-state index contributed by atoms with van der Waals surface area (Å²) < 4.78 is 11.1. The van der Waals surface area contributed by atoms with Crippen LogP contribution < -0.4 is 10.2 Å². The molecular weight excluding hydrogens is 264 g/mol. The Bertz CT molecular complexity index is 476. The lowest BCUT2D eigenvalue weighted by atomic mass is 10.1. The number of hydrogen-bond donors (Lipinski definition) is 1. The average molecular weight is 290 g/mol. The standard InChI is InChI=1S/C17H26N2O2/c1-12-4-7-15(13(8-12)9-18-14-5-6-14)19-10-16(20-2)17(11-19)21-3/h4,7-8,14,16-18H,5-6,9-11H2,1-3H3. The minimum absolute atomic E-state index is 0.153. The van der Waals surface area contributed by atoms with E-state index in [9.17, 15) is 0 Å². The highest BCUT2D eigenvalue weighted by molar-refractivity contribution is 5.56. The molecule has 1 aromatic carbocycles. The molecule has 4 nitrogen and oxygen atoms in total. The van der Waals surface area contributed by atoms with E-state index in [0.29, 0.717) is 0 Å². The zero-order valence-electron chi connectivity index (χ0n) is 13.3. The van der Waals surface area contributed by atoms with Gasteiger partial charge in [-0.05, 0) is 31.4 Å². The summed E-state index contributed by atoms with van der Waals surface area (Å²) in [5.41, 5.74) is 4.01. The van der Waals surface area contributed by atoms with Crippen molar-refractivity contribution < 1.29 is 9.47 Å². The van der Waals surface area contributed by atoms with Gasteiger partial charge in [-0.2, -0.15) is 0 Å². The number of aryl methyl sites for hydroxylation is 1. The fourth-order valence-corrected chi connectivity index (χ4v) is 3.10. The van der Waals surface area contributed by atoms with Crippen molar-refractivity contribution in [2.24, 2.45) is 0 Å². The van der Waals surface area contributed by atoms with Gasteiger partial charge in [0, 0.05) is 45.6 Å². The molecule has 1 heterocycles. The van der Waals surface area contributed by atoms with E-state index >= 15 is 0 Å². The van der Waals surface area contributed by atoms with Gasteiger partial charge in [-0.15, -0.1) is 0 Å². The Morgan fingerprint density at radius 1 is 1.14 bits per heavy atom. The Balaban J connectivity index is 1.77. The van der Waals surface area contributed by atoms with E-state index in [2.05, 4.69) is 35.3 Å². The average Bonchev–Trinajstić information content (AvgIpc) is 3.23. The van der Waals surface area contributed by atoms with Gasteiger partial charge in [0.1, 0.15) is 12.2 Å². The molecule has 21 heavy (non-hydrogen) atoms. The second kappa shape index (κ2) is 6.34. The van der Waals surface area contributed by atoms with Crippen molar-refractivity contribution in [3.05, 3.63) is 29.3 Å². The zero-order valence-corrected chi connectivity index (χ0v) is 13.3. The van der Waals surface area contributed by atoms with Gasteiger partial charge in [0.25, 0.3) is 0 Å². The summed E-state index contributed by atoms with van der Waals surface area (Å²) in [4.78, 5) is 2.39. The third-order valence-electron chi connectivity index (χ3n) is 4.56. The van der Waals surface area contributed by atoms with Crippen molar-refractivity contribution in [3.63, 3.8) is 0 Å².